The number of hydrogen-bond donors (Lipinski definition) is 1. The number of aromatic hydroxyl groups is 1. The molecule has 0 aliphatic heterocycles. The van der Waals surface area contributed by atoms with Gasteiger partial charge >= 0.3 is 5.97 Å². The molecule has 0 aliphatic rings. The highest BCUT2D eigenvalue weighted by atomic mass is 16.5. The average Bonchev–Trinajstić information content (AvgIpc) is 3.30. The molecule has 0 amide bonds. The summed E-state index contributed by atoms with van der Waals surface area (Å²) in [5, 5.41) is 10.6. The number of aromatic nitrogens is 2. The zero-order chi connectivity index (χ0) is 26.1. The molecule has 5 aromatic rings. The number of carbonyl (C=O) groups excluding carboxylic acids is 1. The molecule has 0 saturated heterocycles. The monoisotopic (exact) mass is 492 g/mol. The predicted molar refractivity (Wildman–Crippen MR) is 145 cm³/mol. The van der Waals surface area contributed by atoms with Gasteiger partial charge in [0.15, 0.2) is 0 Å². The van der Waals surface area contributed by atoms with Crippen LogP contribution in [0.4, 0.5) is 0 Å². The molecule has 3 aromatic carbocycles. The summed E-state index contributed by atoms with van der Waals surface area (Å²) in [4.78, 5) is 26.9. The molecule has 0 spiro atoms. The van der Waals surface area contributed by atoms with Crippen LogP contribution in [0, 0.1) is 6.92 Å². The third-order valence-electron chi connectivity index (χ3n) is 6.68. The standard InChI is InChI=1S/C31H28N2O4/c1-4-37-31(36)27-18-24-25(28(21-11-6-5-7-12-21)22-14-16-23(34)17-15-22)19-32(3)30(35)29(24)33(27)26-13-9-8-10-20(26)2/h5-19,28,34H,4H2,1-3H3. The second kappa shape index (κ2) is 9.82. The number of hydrogen-bond acceptors (Lipinski definition) is 4. The minimum atomic E-state index is -0.490. The maximum absolute atomic E-state index is 13.7. The van der Waals surface area contributed by atoms with Crippen molar-refractivity contribution >= 4 is 16.9 Å². The Morgan fingerprint density at radius 3 is 2.27 bits per heavy atom. The normalized spacial score (nSPS) is 12.0. The predicted octanol–water partition coefficient (Wildman–Crippen LogP) is 5.70. The van der Waals surface area contributed by atoms with E-state index in [0.717, 1.165) is 27.9 Å². The van der Waals surface area contributed by atoms with Crippen molar-refractivity contribution in [2.45, 2.75) is 19.8 Å². The van der Waals surface area contributed by atoms with Crippen LogP contribution in [0.3, 0.4) is 0 Å². The van der Waals surface area contributed by atoms with Gasteiger partial charge in [-0.15, -0.1) is 0 Å². The van der Waals surface area contributed by atoms with E-state index in [4.69, 9.17) is 4.74 Å². The molecule has 2 aromatic heterocycles. The van der Waals surface area contributed by atoms with Gasteiger partial charge in [0.1, 0.15) is 17.0 Å². The van der Waals surface area contributed by atoms with Gasteiger partial charge < -0.3 is 14.4 Å². The summed E-state index contributed by atoms with van der Waals surface area (Å²) in [5.41, 5.74) is 5.01. The van der Waals surface area contributed by atoms with Crippen molar-refractivity contribution in [2.24, 2.45) is 7.05 Å². The molecule has 0 fully saturated rings. The SMILES string of the molecule is CCOC(=O)c1cc2c(C(c3ccccc3)c3ccc(O)cc3)cn(C)c(=O)c2n1-c1ccccc1C. The lowest BCUT2D eigenvalue weighted by atomic mass is 9.84. The van der Waals surface area contributed by atoms with Crippen LogP contribution in [0.25, 0.3) is 16.6 Å². The van der Waals surface area contributed by atoms with Gasteiger partial charge in [-0.2, -0.15) is 0 Å². The van der Waals surface area contributed by atoms with E-state index in [1.54, 1.807) is 41.3 Å². The fraction of sp³-hybridized carbons (Fsp3) is 0.161. The van der Waals surface area contributed by atoms with Crippen LogP contribution in [-0.4, -0.2) is 26.8 Å². The maximum atomic E-state index is 13.7. The average molecular weight is 493 g/mol. The quantitative estimate of drug-likeness (QED) is 0.309. The van der Waals surface area contributed by atoms with E-state index in [0.29, 0.717) is 16.6 Å². The van der Waals surface area contributed by atoms with E-state index >= 15 is 0 Å². The number of phenolic OH excluding ortho intramolecular Hbond substituents is 1. The summed E-state index contributed by atoms with van der Waals surface area (Å²) in [6.45, 7) is 3.94. The third kappa shape index (κ3) is 4.31. The summed E-state index contributed by atoms with van der Waals surface area (Å²) in [6.07, 6.45) is 1.84. The summed E-state index contributed by atoms with van der Waals surface area (Å²) < 4.78 is 8.71. The number of pyridine rings is 1. The smallest absolute Gasteiger partial charge is 0.355 e. The van der Waals surface area contributed by atoms with Crippen molar-refractivity contribution < 1.29 is 14.6 Å². The van der Waals surface area contributed by atoms with Gasteiger partial charge in [-0.1, -0.05) is 60.7 Å². The third-order valence-corrected chi connectivity index (χ3v) is 6.68. The maximum Gasteiger partial charge on any atom is 0.355 e. The Balaban J connectivity index is 1.90. The number of esters is 1. The zero-order valence-corrected chi connectivity index (χ0v) is 21.0. The van der Waals surface area contributed by atoms with Crippen LogP contribution in [0.1, 0.15) is 45.6 Å². The largest absolute Gasteiger partial charge is 0.508 e. The number of ether oxygens (including phenoxy) is 1. The van der Waals surface area contributed by atoms with Crippen molar-refractivity contribution in [1.29, 1.82) is 0 Å². The number of rotatable bonds is 6. The van der Waals surface area contributed by atoms with E-state index < -0.39 is 5.97 Å². The van der Waals surface area contributed by atoms with Gasteiger partial charge in [0.25, 0.3) is 5.56 Å². The van der Waals surface area contributed by atoms with Crippen LogP contribution in [0.2, 0.25) is 0 Å². The van der Waals surface area contributed by atoms with Crippen molar-refractivity contribution in [3.05, 3.63) is 129 Å². The number of nitrogens with zero attached hydrogens (tertiary/aromatic N) is 2. The highest BCUT2D eigenvalue weighted by Crippen LogP contribution is 2.38. The topological polar surface area (TPSA) is 73.5 Å². The Hall–Kier alpha value is -4.58. The molecular weight excluding hydrogens is 464 g/mol. The molecule has 1 N–H and O–H groups in total. The summed E-state index contributed by atoms with van der Waals surface area (Å²) in [6, 6.07) is 26.5. The first-order valence-electron chi connectivity index (χ1n) is 12.2. The first-order chi connectivity index (χ1) is 17.9. The Bertz CT molecular complexity index is 1650. The minimum absolute atomic E-state index is 0.177. The Labute approximate surface area is 215 Å². The van der Waals surface area contributed by atoms with Gasteiger partial charge in [0.2, 0.25) is 0 Å². The number of carbonyl (C=O) groups is 1. The summed E-state index contributed by atoms with van der Waals surface area (Å²) >= 11 is 0. The molecule has 2 heterocycles. The number of phenols is 1. The van der Waals surface area contributed by atoms with Crippen LogP contribution in [0.5, 0.6) is 5.75 Å². The molecule has 5 rings (SSSR count). The molecular formula is C31H28N2O4. The Morgan fingerprint density at radius 1 is 0.946 bits per heavy atom. The molecule has 186 valence electrons. The van der Waals surface area contributed by atoms with Crippen molar-refractivity contribution in [3.8, 4) is 11.4 Å². The van der Waals surface area contributed by atoms with Gasteiger partial charge in [0, 0.05) is 30.2 Å². The van der Waals surface area contributed by atoms with E-state index in [9.17, 15) is 14.7 Å². The molecule has 0 aliphatic carbocycles. The number of aryl methyl sites for hydroxylation is 2. The van der Waals surface area contributed by atoms with E-state index in [-0.39, 0.29) is 23.8 Å². The van der Waals surface area contributed by atoms with Crippen LogP contribution >= 0.6 is 0 Å². The first-order valence-corrected chi connectivity index (χ1v) is 12.2. The summed E-state index contributed by atoms with van der Waals surface area (Å²) in [7, 11) is 1.73. The molecule has 0 bridgehead atoms. The van der Waals surface area contributed by atoms with Gasteiger partial charge in [0.05, 0.1) is 6.61 Å². The van der Waals surface area contributed by atoms with Gasteiger partial charge in [-0.3, -0.25) is 9.36 Å². The lowest BCUT2D eigenvalue weighted by molar-refractivity contribution is 0.0517. The zero-order valence-electron chi connectivity index (χ0n) is 21.0. The fourth-order valence-corrected chi connectivity index (χ4v) is 4.96. The number of para-hydroxylation sites is 1. The Morgan fingerprint density at radius 2 is 1.59 bits per heavy atom. The first kappa shape index (κ1) is 24.1. The molecule has 6 heteroatoms. The van der Waals surface area contributed by atoms with E-state index in [1.165, 1.54) is 0 Å². The van der Waals surface area contributed by atoms with Crippen molar-refractivity contribution in [1.82, 2.24) is 9.13 Å². The van der Waals surface area contributed by atoms with Crippen molar-refractivity contribution in [3.63, 3.8) is 0 Å². The lowest BCUT2D eigenvalue weighted by Gasteiger charge is -2.21. The molecule has 37 heavy (non-hydrogen) atoms. The van der Waals surface area contributed by atoms with Crippen LogP contribution in [0.15, 0.2) is 95.9 Å². The second-order valence-corrected chi connectivity index (χ2v) is 9.07. The highest BCUT2D eigenvalue weighted by Gasteiger charge is 2.27. The van der Waals surface area contributed by atoms with Crippen LogP contribution in [-0.2, 0) is 11.8 Å². The molecule has 0 saturated carbocycles. The highest BCUT2D eigenvalue weighted by molar-refractivity contribution is 5.98. The number of benzene rings is 3. The second-order valence-electron chi connectivity index (χ2n) is 9.07. The van der Waals surface area contributed by atoms with Crippen LogP contribution < -0.4 is 5.56 Å². The van der Waals surface area contributed by atoms with E-state index in [1.807, 2.05) is 79.9 Å². The fourth-order valence-electron chi connectivity index (χ4n) is 4.96. The lowest BCUT2D eigenvalue weighted by Crippen LogP contribution is -2.22. The molecule has 1 atom stereocenters. The molecule has 1 unspecified atom stereocenters. The minimum Gasteiger partial charge on any atom is -0.508 e. The summed E-state index contributed by atoms with van der Waals surface area (Å²) in [5.74, 6) is -0.564. The Kier molecular flexibility index (Phi) is 6.40. The molecule has 0 radical (unpaired) electrons. The van der Waals surface area contributed by atoms with E-state index in [2.05, 4.69) is 0 Å². The number of fused-ring (bicyclic) bond motifs is 1. The van der Waals surface area contributed by atoms with Gasteiger partial charge in [-0.25, -0.2) is 4.79 Å². The molecule has 6 nitrogen and oxygen atoms in total. The van der Waals surface area contributed by atoms with Crippen molar-refractivity contribution in [2.75, 3.05) is 6.61 Å². The van der Waals surface area contributed by atoms with Gasteiger partial charge in [-0.05, 0) is 60.4 Å².